The smallest absolute Gasteiger partial charge is 0.328 e. The van der Waals surface area contributed by atoms with Crippen LogP contribution in [0.15, 0.2) is 24.3 Å². The van der Waals surface area contributed by atoms with Gasteiger partial charge in [0.25, 0.3) is 0 Å². The van der Waals surface area contributed by atoms with Crippen molar-refractivity contribution in [1.29, 1.82) is 0 Å². The van der Waals surface area contributed by atoms with E-state index in [-0.39, 0.29) is 0 Å². The van der Waals surface area contributed by atoms with Crippen LogP contribution in [0.3, 0.4) is 0 Å². The maximum Gasteiger partial charge on any atom is 0.328 e. The van der Waals surface area contributed by atoms with Crippen molar-refractivity contribution in [2.45, 2.75) is 39.0 Å². The lowest BCUT2D eigenvalue weighted by molar-refractivity contribution is -0.131. The van der Waals surface area contributed by atoms with Gasteiger partial charge < -0.3 is 5.11 Å². The molecule has 0 atom stereocenters. The molecule has 0 amide bonds. The lowest BCUT2D eigenvalue weighted by atomic mass is 10.1. The number of carboxylic acids is 1. The Morgan fingerprint density at radius 3 is 2.62 bits per heavy atom. The molecule has 0 bridgehead atoms. The van der Waals surface area contributed by atoms with Crippen LogP contribution in [0.2, 0.25) is 0 Å². The molecule has 0 aromatic rings. The molecule has 13 heavy (non-hydrogen) atoms. The monoisotopic (exact) mass is 182 g/mol. The van der Waals surface area contributed by atoms with Gasteiger partial charge in [-0.15, -0.1) is 6.58 Å². The number of hydrogen-bond acceptors (Lipinski definition) is 1. The summed E-state index contributed by atoms with van der Waals surface area (Å²) in [6.07, 6.45) is 8.53. The normalized spacial score (nSPS) is 11.3. The first-order chi connectivity index (χ1) is 6.16. The van der Waals surface area contributed by atoms with E-state index in [0.717, 1.165) is 37.7 Å². The van der Waals surface area contributed by atoms with Crippen molar-refractivity contribution in [1.82, 2.24) is 0 Å². The molecule has 0 aromatic carbocycles. The van der Waals surface area contributed by atoms with Gasteiger partial charge in [-0.3, -0.25) is 0 Å². The van der Waals surface area contributed by atoms with Crippen LogP contribution >= 0.6 is 0 Å². The van der Waals surface area contributed by atoms with Crippen LogP contribution in [0.4, 0.5) is 0 Å². The number of unbranched alkanes of at least 4 members (excludes halogenated alkanes) is 3. The summed E-state index contributed by atoms with van der Waals surface area (Å²) in [5.74, 6) is -0.844. The highest BCUT2D eigenvalue weighted by Gasteiger charge is 1.94. The van der Waals surface area contributed by atoms with E-state index < -0.39 is 5.97 Å². The zero-order valence-electron chi connectivity index (χ0n) is 8.25. The molecule has 0 aromatic heterocycles. The second kappa shape index (κ2) is 7.59. The summed E-state index contributed by atoms with van der Waals surface area (Å²) in [5, 5.41) is 8.43. The highest BCUT2D eigenvalue weighted by molar-refractivity contribution is 5.80. The van der Waals surface area contributed by atoms with E-state index in [1.165, 1.54) is 6.08 Å². The van der Waals surface area contributed by atoms with Gasteiger partial charge in [0, 0.05) is 6.08 Å². The Balaban J connectivity index is 3.42. The molecule has 0 aliphatic rings. The molecule has 0 saturated heterocycles. The average molecular weight is 182 g/mol. The fourth-order valence-electron chi connectivity index (χ4n) is 1.15. The molecule has 0 spiro atoms. The van der Waals surface area contributed by atoms with Crippen molar-refractivity contribution in [3.63, 3.8) is 0 Å². The van der Waals surface area contributed by atoms with Crippen molar-refractivity contribution in [3.05, 3.63) is 24.3 Å². The lowest BCUT2D eigenvalue weighted by Crippen LogP contribution is -1.90. The number of aliphatic carboxylic acids is 1. The molecule has 0 unspecified atom stereocenters. The fraction of sp³-hybridized carbons (Fsp3) is 0.545. The van der Waals surface area contributed by atoms with Gasteiger partial charge >= 0.3 is 5.97 Å². The summed E-state index contributed by atoms with van der Waals surface area (Å²) in [7, 11) is 0. The summed E-state index contributed by atoms with van der Waals surface area (Å²) >= 11 is 0. The quantitative estimate of drug-likeness (QED) is 0.373. The van der Waals surface area contributed by atoms with E-state index in [4.69, 9.17) is 5.11 Å². The van der Waals surface area contributed by atoms with Crippen molar-refractivity contribution in [3.8, 4) is 0 Å². The third-order valence-corrected chi connectivity index (χ3v) is 1.85. The standard InChI is InChI=1S/C11H18O2/c1-3-4-5-6-7-8-10(2)9-11(12)13/h3,9H,1,4-8H2,2H3,(H,12,13). The first-order valence-corrected chi connectivity index (χ1v) is 4.68. The first kappa shape index (κ1) is 11.9. The van der Waals surface area contributed by atoms with Gasteiger partial charge in [0.15, 0.2) is 0 Å². The molecule has 2 heteroatoms. The number of carbonyl (C=O) groups is 1. The molecular formula is C11H18O2. The van der Waals surface area contributed by atoms with Crippen LogP contribution in [-0.4, -0.2) is 11.1 Å². The Morgan fingerprint density at radius 1 is 1.38 bits per heavy atom. The van der Waals surface area contributed by atoms with E-state index in [1.807, 2.05) is 13.0 Å². The van der Waals surface area contributed by atoms with E-state index >= 15 is 0 Å². The minimum absolute atomic E-state index is 0.844. The van der Waals surface area contributed by atoms with Gasteiger partial charge in [0.05, 0.1) is 0 Å². The van der Waals surface area contributed by atoms with Crippen LogP contribution < -0.4 is 0 Å². The van der Waals surface area contributed by atoms with Gasteiger partial charge in [-0.25, -0.2) is 4.79 Å². The fourth-order valence-corrected chi connectivity index (χ4v) is 1.15. The zero-order chi connectivity index (χ0) is 10.1. The van der Waals surface area contributed by atoms with Gasteiger partial charge in [0.1, 0.15) is 0 Å². The Labute approximate surface area is 80.0 Å². The minimum atomic E-state index is -0.844. The summed E-state index contributed by atoms with van der Waals surface area (Å²) in [6, 6.07) is 0. The molecule has 0 aliphatic carbocycles. The summed E-state index contributed by atoms with van der Waals surface area (Å²) in [4.78, 5) is 10.3. The summed E-state index contributed by atoms with van der Waals surface area (Å²) in [5.41, 5.74) is 0.950. The highest BCUT2D eigenvalue weighted by atomic mass is 16.4. The van der Waals surface area contributed by atoms with Crippen LogP contribution in [0.5, 0.6) is 0 Å². The Morgan fingerprint density at radius 2 is 2.08 bits per heavy atom. The minimum Gasteiger partial charge on any atom is -0.478 e. The Kier molecular flexibility index (Phi) is 6.98. The molecule has 1 N–H and O–H groups in total. The van der Waals surface area contributed by atoms with Crippen molar-refractivity contribution in [2.24, 2.45) is 0 Å². The molecule has 2 nitrogen and oxygen atoms in total. The topological polar surface area (TPSA) is 37.3 Å². The molecule has 0 fully saturated rings. The van der Waals surface area contributed by atoms with Crippen molar-refractivity contribution in [2.75, 3.05) is 0 Å². The van der Waals surface area contributed by atoms with Gasteiger partial charge in [-0.1, -0.05) is 18.1 Å². The van der Waals surface area contributed by atoms with E-state index in [9.17, 15) is 4.79 Å². The predicted molar refractivity (Wildman–Crippen MR) is 54.7 cm³/mol. The SMILES string of the molecule is C=CCCCCCC(C)=CC(=O)O. The second-order valence-electron chi connectivity index (χ2n) is 3.22. The van der Waals surface area contributed by atoms with E-state index in [2.05, 4.69) is 6.58 Å². The molecule has 0 aliphatic heterocycles. The second-order valence-corrected chi connectivity index (χ2v) is 3.22. The van der Waals surface area contributed by atoms with Crippen LogP contribution in [0.1, 0.15) is 39.0 Å². The van der Waals surface area contributed by atoms with Crippen molar-refractivity contribution >= 4 is 5.97 Å². The zero-order valence-corrected chi connectivity index (χ0v) is 8.25. The maximum absolute atomic E-state index is 10.3. The summed E-state index contributed by atoms with van der Waals surface area (Å²) < 4.78 is 0. The van der Waals surface area contributed by atoms with Gasteiger partial charge in [-0.2, -0.15) is 0 Å². The van der Waals surface area contributed by atoms with Crippen LogP contribution in [0.25, 0.3) is 0 Å². The van der Waals surface area contributed by atoms with Gasteiger partial charge in [0.2, 0.25) is 0 Å². The highest BCUT2D eigenvalue weighted by Crippen LogP contribution is 2.09. The molecule has 0 radical (unpaired) electrons. The van der Waals surface area contributed by atoms with Gasteiger partial charge in [-0.05, 0) is 32.6 Å². The Bertz CT molecular complexity index is 192. The third-order valence-electron chi connectivity index (χ3n) is 1.85. The molecule has 74 valence electrons. The molecule has 0 heterocycles. The molecule has 0 saturated carbocycles. The lowest BCUT2D eigenvalue weighted by Gasteiger charge is -1.99. The van der Waals surface area contributed by atoms with E-state index in [1.54, 1.807) is 0 Å². The number of allylic oxidation sites excluding steroid dienone is 2. The van der Waals surface area contributed by atoms with Crippen molar-refractivity contribution < 1.29 is 9.90 Å². The number of rotatable bonds is 7. The largest absolute Gasteiger partial charge is 0.478 e. The third kappa shape index (κ3) is 8.86. The first-order valence-electron chi connectivity index (χ1n) is 4.68. The van der Waals surface area contributed by atoms with Crippen LogP contribution in [0, 0.1) is 0 Å². The van der Waals surface area contributed by atoms with Crippen LogP contribution in [-0.2, 0) is 4.79 Å². The number of carboxylic acid groups (broad SMARTS) is 1. The molecular weight excluding hydrogens is 164 g/mol. The predicted octanol–water partition coefficient (Wildman–Crippen LogP) is 3.15. The molecule has 0 rings (SSSR count). The van der Waals surface area contributed by atoms with E-state index in [0.29, 0.717) is 0 Å². The Hall–Kier alpha value is -1.05. The maximum atomic E-state index is 10.3. The summed E-state index contributed by atoms with van der Waals surface area (Å²) in [6.45, 7) is 5.51. The average Bonchev–Trinajstić information content (AvgIpc) is 2.02. The number of hydrogen-bond donors (Lipinski definition) is 1.